The minimum absolute atomic E-state index is 0.0599. The molecule has 3 rings (SSSR count). The number of benzene rings is 2. The van der Waals surface area contributed by atoms with Crippen molar-refractivity contribution in [2.75, 3.05) is 26.2 Å². The van der Waals surface area contributed by atoms with Crippen LogP contribution in [0.2, 0.25) is 0 Å². The number of fused-ring (bicyclic) bond motifs is 1. The SMILES string of the molecule is NCCCNCCCCNCc1ccc(OC2=CC(=O)c3ccccc3C2=O)cc1. The van der Waals surface area contributed by atoms with Gasteiger partial charge in [-0.2, -0.15) is 0 Å². The lowest BCUT2D eigenvalue weighted by Crippen LogP contribution is -2.21. The summed E-state index contributed by atoms with van der Waals surface area (Å²) in [6, 6.07) is 14.3. The molecule has 0 heterocycles. The molecule has 1 aliphatic carbocycles. The molecule has 0 radical (unpaired) electrons. The second-order valence-corrected chi connectivity index (χ2v) is 7.27. The van der Waals surface area contributed by atoms with Crippen LogP contribution in [0.25, 0.3) is 0 Å². The topological polar surface area (TPSA) is 93.4 Å². The number of nitrogens with two attached hydrogens (primary N) is 1. The maximum absolute atomic E-state index is 12.6. The van der Waals surface area contributed by atoms with Crippen molar-refractivity contribution in [3.63, 3.8) is 0 Å². The molecule has 4 N–H and O–H groups in total. The first kappa shape index (κ1) is 21.9. The van der Waals surface area contributed by atoms with E-state index in [4.69, 9.17) is 10.5 Å². The number of carbonyl (C=O) groups excluding carboxylic acids is 2. The van der Waals surface area contributed by atoms with Crippen molar-refractivity contribution in [3.05, 3.63) is 77.1 Å². The Morgan fingerprint density at radius 3 is 2.20 bits per heavy atom. The zero-order chi connectivity index (χ0) is 21.2. The molecule has 30 heavy (non-hydrogen) atoms. The van der Waals surface area contributed by atoms with Crippen LogP contribution in [-0.2, 0) is 6.54 Å². The molecule has 0 aromatic heterocycles. The van der Waals surface area contributed by atoms with Crippen molar-refractivity contribution in [1.29, 1.82) is 0 Å². The van der Waals surface area contributed by atoms with Crippen LogP contribution in [0.5, 0.6) is 5.75 Å². The third-order valence-corrected chi connectivity index (χ3v) is 4.92. The average Bonchev–Trinajstić information content (AvgIpc) is 2.77. The van der Waals surface area contributed by atoms with E-state index in [-0.39, 0.29) is 17.3 Å². The van der Waals surface area contributed by atoms with Gasteiger partial charge in [0.25, 0.3) is 0 Å². The van der Waals surface area contributed by atoms with E-state index < -0.39 is 0 Å². The van der Waals surface area contributed by atoms with Crippen LogP contribution in [0.1, 0.15) is 45.5 Å². The zero-order valence-electron chi connectivity index (χ0n) is 17.2. The Morgan fingerprint density at radius 2 is 1.47 bits per heavy atom. The van der Waals surface area contributed by atoms with E-state index in [1.807, 2.05) is 24.3 Å². The number of ether oxygens (including phenoxy) is 1. The van der Waals surface area contributed by atoms with E-state index in [0.29, 0.717) is 16.9 Å². The van der Waals surface area contributed by atoms with Gasteiger partial charge in [0.15, 0.2) is 11.5 Å². The van der Waals surface area contributed by atoms with Gasteiger partial charge >= 0.3 is 0 Å². The lowest BCUT2D eigenvalue weighted by atomic mass is 9.94. The number of Topliss-reactive ketones (excluding diaryl/α,β-unsaturated/α-hetero) is 1. The third-order valence-electron chi connectivity index (χ3n) is 4.92. The van der Waals surface area contributed by atoms with Crippen LogP contribution in [0.4, 0.5) is 0 Å². The third kappa shape index (κ3) is 6.10. The summed E-state index contributed by atoms with van der Waals surface area (Å²) in [5.74, 6) is 0.114. The highest BCUT2D eigenvalue weighted by atomic mass is 16.5. The number of hydrogen-bond donors (Lipinski definition) is 3. The van der Waals surface area contributed by atoms with E-state index in [2.05, 4.69) is 10.6 Å². The van der Waals surface area contributed by atoms with Crippen LogP contribution >= 0.6 is 0 Å². The molecule has 0 atom stereocenters. The van der Waals surface area contributed by atoms with Gasteiger partial charge in [-0.3, -0.25) is 9.59 Å². The summed E-state index contributed by atoms with van der Waals surface area (Å²) in [6.07, 6.45) is 4.54. The van der Waals surface area contributed by atoms with Gasteiger partial charge in [-0.25, -0.2) is 0 Å². The monoisotopic (exact) mass is 407 g/mol. The number of allylic oxidation sites excluding steroid dienone is 2. The Labute approximate surface area is 177 Å². The number of ketones is 2. The van der Waals surface area contributed by atoms with E-state index in [1.54, 1.807) is 24.3 Å². The molecule has 0 saturated heterocycles. The maximum atomic E-state index is 12.6. The quantitative estimate of drug-likeness (QED) is 0.469. The number of carbonyl (C=O) groups is 2. The van der Waals surface area contributed by atoms with Crippen molar-refractivity contribution >= 4 is 11.6 Å². The van der Waals surface area contributed by atoms with Crippen LogP contribution in [0.15, 0.2) is 60.4 Å². The summed E-state index contributed by atoms with van der Waals surface area (Å²) in [6.45, 7) is 4.48. The van der Waals surface area contributed by atoms with Crippen molar-refractivity contribution in [2.45, 2.75) is 25.8 Å². The van der Waals surface area contributed by atoms with Gasteiger partial charge in [-0.1, -0.05) is 36.4 Å². The van der Waals surface area contributed by atoms with Gasteiger partial charge in [-0.15, -0.1) is 0 Å². The molecule has 0 aliphatic heterocycles. The molecule has 0 saturated carbocycles. The number of nitrogens with one attached hydrogen (secondary N) is 2. The van der Waals surface area contributed by atoms with E-state index in [9.17, 15) is 9.59 Å². The largest absolute Gasteiger partial charge is 0.453 e. The summed E-state index contributed by atoms with van der Waals surface area (Å²) >= 11 is 0. The van der Waals surface area contributed by atoms with Gasteiger partial charge in [-0.05, 0) is 63.1 Å². The predicted octanol–water partition coefficient (Wildman–Crippen LogP) is 2.84. The van der Waals surface area contributed by atoms with E-state index in [1.165, 1.54) is 6.08 Å². The fourth-order valence-electron chi connectivity index (χ4n) is 3.25. The van der Waals surface area contributed by atoms with Gasteiger partial charge in [0, 0.05) is 23.7 Å². The summed E-state index contributed by atoms with van der Waals surface area (Å²) in [5.41, 5.74) is 7.40. The summed E-state index contributed by atoms with van der Waals surface area (Å²) in [4.78, 5) is 24.8. The lowest BCUT2D eigenvalue weighted by molar-refractivity contribution is 0.0947. The average molecular weight is 408 g/mol. The number of unbranched alkanes of at least 4 members (excludes halogenated alkanes) is 1. The maximum Gasteiger partial charge on any atom is 0.229 e. The molecule has 1 aliphatic rings. The minimum atomic E-state index is -0.270. The van der Waals surface area contributed by atoms with Crippen LogP contribution < -0.4 is 21.1 Å². The highest BCUT2D eigenvalue weighted by Gasteiger charge is 2.26. The van der Waals surface area contributed by atoms with E-state index >= 15 is 0 Å². The van der Waals surface area contributed by atoms with Crippen molar-refractivity contribution in [3.8, 4) is 5.75 Å². The molecule has 0 amide bonds. The summed E-state index contributed by atoms with van der Waals surface area (Å²) in [5, 5.41) is 6.80. The van der Waals surface area contributed by atoms with Crippen molar-refractivity contribution in [2.24, 2.45) is 5.73 Å². The first-order valence-corrected chi connectivity index (χ1v) is 10.5. The normalized spacial score (nSPS) is 13.2. The lowest BCUT2D eigenvalue weighted by Gasteiger charge is -2.15. The van der Waals surface area contributed by atoms with Crippen molar-refractivity contribution in [1.82, 2.24) is 10.6 Å². The molecular formula is C24H29N3O3. The Balaban J connectivity index is 1.42. The van der Waals surface area contributed by atoms with Crippen molar-refractivity contribution < 1.29 is 14.3 Å². The fourth-order valence-corrected chi connectivity index (χ4v) is 3.25. The standard InChI is InChI=1S/C24H29N3O3/c25-12-5-15-26-13-3-4-14-27-17-18-8-10-19(11-9-18)30-23-16-22(28)20-6-1-2-7-21(20)24(23)29/h1-2,6-11,16,26-27H,3-5,12-15,17,25H2. The second-order valence-electron chi connectivity index (χ2n) is 7.27. The first-order chi connectivity index (χ1) is 14.7. The molecular weight excluding hydrogens is 378 g/mol. The van der Waals surface area contributed by atoms with Crippen LogP contribution in [-0.4, -0.2) is 37.7 Å². The highest BCUT2D eigenvalue weighted by molar-refractivity contribution is 6.23. The van der Waals surface area contributed by atoms with Gasteiger partial charge < -0.3 is 21.1 Å². The molecule has 0 bridgehead atoms. The molecule has 158 valence electrons. The van der Waals surface area contributed by atoms with Crippen LogP contribution in [0, 0.1) is 0 Å². The molecule has 0 unspecified atom stereocenters. The predicted molar refractivity (Wildman–Crippen MR) is 118 cm³/mol. The molecule has 0 fully saturated rings. The zero-order valence-corrected chi connectivity index (χ0v) is 17.2. The highest BCUT2D eigenvalue weighted by Crippen LogP contribution is 2.24. The minimum Gasteiger partial charge on any atom is -0.453 e. The Bertz CT molecular complexity index is 891. The smallest absolute Gasteiger partial charge is 0.229 e. The Hall–Kier alpha value is -2.80. The molecule has 6 nitrogen and oxygen atoms in total. The van der Waals surface area contributed by atoms with Crippen LogP contribution in [0.3, 0.4) is 0 Å². The van der Waals surface area contributed by atoms with Gasteiger partial charge in [0.05, 0.1) is 0 Å². The fraction of sp³-hybridized carbons (Fsp3) is 0.333. The molecule has 2 aromatic rings. The molecule has 0 spiro atoms. The summed E-state index contributed by atoms with van der Waals surface area (Å²) in [7, 11) is 0. The first-order valence-electron chi connectivity index (χ1n) is 10.5. The van der Waals surface area contributed by atoms with Gasteiger partial charge in [0.1, 0.15) is 5.75 Å². The molecule has 2 aromatic carbocycles. The Kier molecular flexibility index (Phi) is 8.32. The van der Waals surface area contributed by atoms with Gasteiger partial charge in [0.2, 0.25) is 5.78 Å². The van der Waals surface area contributed by atoms with E-state index in [0.717, 1.165) is 57.5 Å². The second kappa shape index (κ2) is 11.4. The molecule has 6 heteroatoms. The summed E-state index contributed by atoms with van der Waals surface area (Å²) < 4.78 is 5.70. The number of hydrogen-bond acceptors (Lipinski definition) is 6. The number of rotatable bonds is 12. The Morgan fingerprint density at radius 1 is 0.800 bits per heavy atom.